The minimum atomic E-state index is -1.15. The summed E-state index contributed by atoms with van der Waals surface area (Å²) in [5.41, 5.74) is 0.855. The highest BCUT2D eigenvalue weighted by molar-refractivity contribution is 6.30. The number of nitrogens with one attached hydrogen (secondary N) is 1. The van der Waals surface area contributed by atoms with Gasteiger partial charge in [-0.3, -0.25) is 4.79 Å². The molecule has 0 spiro atoms. The highest BCUT2D eigenvalue weighted by Crippen LogP contribution is 2.27. The Morgan fingerprint density at radius 1 is 0.929 bits per heavy atom. The average Bonchev–Trinajstić information content (AvgIpc) is 2.67. The monoisotopic (exact) mass is 393 g/mol. The van der Waals surface area contributed by atoms with E-state index in [9.17, 15) is 14.7 Å². The predicted octanol–water partition coefficient (Wildman–Crippen LogP) is 5.48. The molecule has 6 heteroatoms. The fourth-order valence-electron chi connectivity index (χ4n) is 2.46. The fourth-order valence-corrected chi connectivity index (χ4v) is 2.66. The van der Waals surface area contributed by atoms with E-state index >= 15 is 0 Å². The number of carboxylic acids is 1. The molecule has 0 saturated carbocycles. The molecule has 140 valence electrons. The molecule has 0 saturated heterocycles. The van der Waals surface area contributed by atoms with Crippen molar-refractivity contribution >= 4 is 35.2 Å². The molecule has 0 fully saturated rings. The molecule has 0 heterocycles. The number of anilines is 1. The first-order valence-electron chi connectivity index (χ1n) is 8.36. The average molecular weight is 394 g/mol. The molecule has 3 aromatic rings. The Balaban J connectivity index is 1.79. The van der Waals surface area contributed by atoms with Crippen LogP contribution < -0.4 is 10.1 Å². The molecule has 2 N–H and O–H groups in total. The van der Waals surface area contributed by atoms with Crippen molar-refractivity contribution in [2.24, 2.45) is 0 Å². The molecule has 0 radical (unpaired) electrons. The van der Waals surface area contributed by atoms with Crippen LogP contribution in [0.25, 0.3) is 6.08 Å². The Bertz CT molecular complexity index is 1030. The topological polar surface area (TPSA) is 75.6 Å². The molecule has 0 aliphatic carbocycles. The Morgan fingerprint density at radius 3 is 2.43 bits per heavy atom. The van der Waals surface area contributed by atoms with Gasteiger partial charge in [0.1, 0.15) is 11.5 Å². The molecule has 0 bridgehead atoms. The zero-order valence-corrected chi connectivity index (χ0v) is 15.4. The standard InChI is InChI=1S/C22H16ClNO4/c23-16-6-4-5-15(13-16)9-12-21(25)24-20-14-18(10-11-19(20)22(26)27)28-17-7-2-1-3-8-17/h1-14H,(H,24,25)(H,26,27). The van der Waals surface area contributed by atoms with Gasteiger partial charge in [0.2, 0.25) is 5.91 Å². The van der Waals surface area contributed by atoms with Gasteiger partial charge < -0.3 is 15.2 Å². The molecule has 0 atom stereocenters. The van der Waals surface area contributed by atoms with Crippen LogP contribution in [0.3, 0.4) is 0 Å². The fraction of sp³-hybridized carbons (Fsp3) is 0. The lowest BCUT2D eigenvalue weighted by Crippen LogP contribution is -2.12. The van der Waals surface area contributed by atoms with Gasteiger partial charge in [0.05, 0.1) is 11.3 Å². The molecule has 3 aromatic carbocycles. The summed E-state index contributed by atoms with van der Waals surface area (Å²) < 4.78 is 5.70. The van der Waals surface area contributed by atoms with Crippen molar-refractivity contribution < 1.29 is 19.4 Å². The first-order chi connectivity index (χ1) is 13.5. The van der Waals surface area contributed by atoms with E-state index in [2.05, 4.69) is 5.32 Å². The second kappa shape index (κ2) is 8.88. The summed E-state index contributed by atoms with van der Waals surface area (Å²) in [6.45, 7) is 0. The van der Waals surface area contributed by atoms with Gasteiger partial charge in [0, 0.05) is 17.2 Å². The quantitative estimate of drug-likeness (QED) is 0.543. The first-order valence-corrected chi connectivity index (χ1v) is 8.74. The Hall–Kier alpha value is -3.57. The maximum Gasteiger partial charge on any atom is 0.337 e. The second-order valence-electron chi connectivity index (χ2n) is 5.81. The highest BCUT2D eigenvalue weighted by atomic mass is 35.5. The first kappa shape index (κ1) is 19.2. The molecule has 28 heavy (non-hydrogen) atoms. The van der Waals surface area contributed by atoms with Crippen molar-refractivity contribution in [3.05, 3.63) is 95.0 Å². The summed E-state index contributed by atoms with van der Waals surface area (Å²) in [7, 11) is 0. The van der Waals surface area contributed by atoms with Gasteiger partial charge in [0.15, 0.2) is 0 Å². The molecule has 3 rings (SSSR count). The van der Waals surface area contributed by atoms with Gasteiger partial charge in [-0.15, -0.1) is 0 Å². The molecule has 1 amide bonds. The van der Waals surface area contributed by atoms with Crippen LogP contribution >= 0.6 is 11.6 Å². The molecule has 0 unspecified atom stereocenters. The number of benzene rings is 3. The third kappa shape index (κ3) is 5.22. The summed E-state index contributed by atoms with van der Waals surface area (Å²) in [5.74, 6) is -0.617. The van der Waals surface area contributed by atoms with E-state index in [1.54, 1.807) is 42.5 Å². The summed E-state index contributed by atoms with van der Waals surface area (Å²) in [5, 5.41) is 12.5. The van der Waals surface area contributed by atoms with Gasteiger partial charge in [-0.1, -0.05) is 41.9 Å². The van der Waals surface area contributed by atoms with Crippen molar-refractivity contribution in [3.8, 4) is 11.5 Å². The Labute approximate surface area is 166 Å². The molecule has 0 aliphatic heterocycles. The minimum absolute atomic E-state index is 0.0371. The van der Waals surface area contributed by atoms with Crippen LogP contribution in [0.1, 0.15) is 15.9 Å². The van der Waals surface area contributed by atoms with Gasteiger partial charge >= 0.3 is 5.97 Å². The number of para-hydroxylation sites is 1. The lowest BCUT2D eigenvalue weighted by molar-refractivity contribution is -0.111. The van der Waals surface area contributed by atoms with E-state index in [-0.39, 0.29) is 11.3 Å². The van der Waals surface area contributed by atoms with Crippen molar-refractivity contribution in [3.63, 3.8) is 0 Å². The number of halogens is 1. The number of hydrogen-bond acceptors (Lipinski definition) is 3. The predicted molar refractivity (Wildman–Crippen MR) is 109 cm³/mol. The number of aromatic carboxylic acids is 1. The van der Waals surface area contributed by atoms with E-state index in [0.717, 1.165) is 5.56 Å². The number of rotatable bonds is 6. The van der Waals surface area contributed by atoms with Crippen LogP contribution in [0, 0.1) is 0 Å². The zero-order valence-electron chi connectivity index (χ0n) is 14.6. The van der Waals surface area contributed by atoms with E-state index < -0.39 is 11.9 Å². The van der Waals surface area contributed by atoms with Crippen molar-refractivity contribution in [2.45, 2.75) is 0 Å². The van der Waals surface area contributed by atoms with E-state index in [4.69, 9.17) is 16.3 Å². The van der Waals surface area contributed by atoms with E-state index in [1.165, 1.54) is 24.3 Å². The van der Waals surface area contributed by atoms with Gasteiger partial charge in [-0.2, -0.15) is 0 Å². The van der Waals surface area contributed by atoms with Gasteiger partial charge in [-0.25, -0.2) is 4.79 Å². The van der Waals surface area contributed by atoms with E-state index in [0.29, 0.717) is 16.5 Å². The highest BCUT2D eigenvalue weighted by Gasteiger charge is 2.13. The second-order valence-corrected chi connectivity index (χ2v) is 6.24. The maximum atomic E-state index is 12.3. The molecule has 0 aliphatic rings. The number of hydrogen-bond donors (Lipinski definition) is 2. The zero-order chi connectivity index (χ0) is 19.9. The Kier molecular flexibility index (Phi) is 6.09. The van der Waals surface area contributed by atoms with E-state index in [1.807, 2.05) is 18.2 Å². The third-order valence-electron chi connectivity index (χ3n) is 3.73. The summed E-state index contributed by atoms with van der Waals surface area (Å²) in [6, 6.07) is 20.5. The SMILES string of the molecule is O=C(C=Cc1cccc(Cl)c1)Nc1cc(Oc2ccccc2)ccc1C(=O)O. The largest absolute Gasteiger partial charge is 0.478 e. The number of carboxylic acid groups (broad SMARTS) is 1. The normalized spacial score (nSPS) is 10.6. The van der Waals surface area contributed by atoms with Gasteiger partial charge in [0.25, 0.3) is 0 Å². The number of amides is 1. The minimum Gasteiger partial charge on any atom is -0.478 e. The summed E-state index contributed by atoms with van der Waals surface area (Å²) in [6.07, 6.45) is 2.90. The van der Waals surface area contributed by atoms with Gasteiger partial charge in [-0.05, 0) is 48.0 Å². The van der Waals surface area contributed by atoms with Crippen LogP contribution in [0.15, 0.2) is 78.9 Å². The lowest BCUT2D eigenvalue weighted by atomic mass is 10.1. The lowest BCUT2D eigenvalue weighted by Gasteiger charge is -2.11. The van der Waals surface area contributed by atoms with Crippen LogP contribution in [-0.2, 0) is 4.79 Å². The molecule has 0 aromatic heterocycles. The smallest absolute Gasteiger partial charge is 0.337 e. The molecular formula is C22H16ClNO4. The van der Waals surface area contributed by atoms with Crippen LogP contribution in [0.4, 0.5) is 5.69 Å². The summed E-state index contributed by atoms with van der Waals surface area (Å²) >= 11 is 5.92. The van der Waals surface area contributed by atoms with Crippen molar-refractivity contribution in [1.82, 2.24) is 0 Å². The van der Waals surface area contributed by atoms with Crippen molar-refractivity contribution in [1.29, 1.82) is 0 Å². The van der Waals surface area contributed by atoms with Crippen LogP contribution in [0.5, 0.6) is 11.5 Å². The number of carbonyl (C=O) groups excluding carboxylic acids is 1. The van der Waals surface area contributed by atoms with Crippen molar-refractivity contribution in [2.75, 3.05) is 5.32 Å². The maximum absolute atomic E-state index is 12.3. The number of ether oxygens (including phenoxy) is 1. The van der Waals surface area contributed by atoms with Crippen LogP contribution in [-0.4, -0.2) is 17.0 Å². The molecule has 5 nitrogen and oxygen atoms in total. The number of carbonyl (C=O) groups is 2. The molecular weight excluding hydrogens is 378 g/mol. The Morgan fingerprint density at radius 2 is 1.71 bits per heavy atom. The summed E-state index contributed by atoms with van der Waals surface area (Å²) in [4.78, 5) is 23.7. The van der Waals surface area contributed by atoms with Crippen LogP contribution in [0.2, 0.25) is 5.02 Å². The third-order valence-corrected chi connectivity index (χ3v) is 3.97.